The molecule has 0 aromatic heterocycles. The lowest BCUT2D eigenvalue weighted by Gasteiger charge is -2.22. The number of hydrogen-bond acceptors (Lipinski definition) is 3. The maximum absolute atomic E-state index is 11.0. The van der Waals surface area contributed by atoms with Crippen molar-refractivity contribution >= 4 is 5.91 Å². The smallest absolute Gasteiger partial charge is 0.234 e. The van der Waals surface area contributed by atoms with Gasteiger partial charge >= 0.3 is 0 Å². The molecule has 1 fully saturated rings. The molecule has 0 unspecified atom stereocenters. The quantitative estimate of drug-likeness (QED) is 0.668. The van der Waals surface area contributed by atoms with E-state index in [1.54, 1.807) is 0 Å². The number of nitrogens with one attached hydrogen (secondary N) is 2. The lowest BCUT2D eigenvalue weighted by atomic mass is 9.95. The van der Waals surface area contributed by atoms with Crippen LogP contribution >= 0.6 is 0 Å². The lowest BCUT2D eigenvalue weighted by Crippen LogP contribution is -2.33. The molecule has 90 valence electrons. The third-order valence-corrected chi connectivity index (χ3v) is 2.95. The van der Waals surface area contributed by atoms with Crippen molar-refractivity contribution in [2.24, 2.45) is 0 Å². The van der Waals surface area contributed by atoms with E-state index in [-0.39, 0.29) is 12.3 Å². The van der Waals surface area contributed by atoms with Gasteiger partial charge in [-0.3, -0.25) is 4.79 Å². The molecule has 1 aliphatic carbocycles. The van der Waals surface area contributed by atoms with E-state index in [1.165, 1.54) is 32.1 Å². The third kappa shape index (κ3) is 5.72. The molecule has 0 radical (unpaired) electrons. The van der Waals surface area contributed by atoms with E-state index < -0.39 is 0 Å². The van der Waals surface area contributed by atoms with Crippen molar-refractivity contribution in [1.29, 1.82) is 5.26 Å². The van der Waals surface area contributed by atoms with Gasteiger partial charge in [-0.05, 0) is 25.8 Å². The zero-order valence-corrected chi connectivity index (χ0v) is 9.80. The molecule has 0 aromatic rings. The van der Waals surface area contributed by atoms with E-state index in [1.807, 2.05) is 6.07 Å². The molecule has 0 spiro atoms. The topological polar surface area (TPSA) is 64.9 Å². The summed E-state index contributed by atoms with van der Waals surface area (Å²) in [4.78, 5) is 11.0. The first kappa shape index (κ1) is 13.0. The first-order valence-electron chi connectivity index (χ1n) is 6.20. The van der Waals surface area contributed by atoms with Gasteiger partial charge in [-0.2, -0.15) is 5.26 Å². The summed E-state index contributed by atoms with van der Waals surface area (Å²) in [7, 11) is 0. The zero-order chi connectivity index (χ0) is 11.6. The summed E-state index contributed by atoms with van der Waals surface area (Å²) in [6, 6.07) is 2.52. The molecule has 1 rings (SSSR count). The Kier molecular flexibility index (Phi) is 6.59. The summed E-state index contributed by atoms with van der Waals surface area (Å²) in [5.74, 6) is -0.167. The number of rotatable bonds is 6. The second-order valence-electron chi connectivity index (χ2n) is 4.33. The van der Waals surface area contributed by atoms with Crippen LogP contribution < -0.4 is 10.6 Å². The lowest BCUT2D eigenvalue weighted by molar-refractivity contribution is -0.120. The van der Waals surface area contributed by atoms with Crippen LogP contribution in [0.5, 0.6) is 0 Å². The van der Waals surface area contributed by atoms with Gasteiger partial charge in [0.15, 0.2) is 0 Å². The molecule has 16 heavy (non-hydrogen) atoms. The minimum atomic E-state index is -0.167. The minimum absolute atomic E-state index is 0.0317. The zero-order valence-electron chi connectivity index (χ0n) is 9.80. The maximum atomic E-state index is 11.0. The van der Waals surface area contributed by atoms with Crippen molar-refractivity contribution in [3.05, 3.63) is 0 Å². The van der Waals surface area contributed by atoms with Crippen LogP contribution in [-0.2, 0) is 4.79 Å². The summed E-state index contributed by atoms with van der Waals surface area (Å²) in [6.07, 6.45) is 7.56. The summed E-state index contributed by atoms with van der Waals surface area (Å²) in [5.41, 5.74) is 0. The van der Waals surface area contributed by atoms with Crippen molar-refractivity contribution in [2.75, 3.05) is 13.1 Å². The normalized spacial score (nSPS) is 16.7. The Labute approximate surface area is 97.4 Å². The van der Waals surface area contributed by atoms with Crippen molar-refractivity contribution < 1.29 is 4.79 Å². The maximum Gasteiger partial charge on any atom is 0.234 e. The highest BCUT2D eigenvalue weighted by atomic mass is 16.1. The van der Waals surface area contributed by atoms with E-state index in [4.69, 9.17) is 5.26 Å². The third-order valence-electron chi connectivity index (χ3n) is 2.95. The SMILES string of the molecule is N#CCC(=O)NCCCNC1CCCCC1. The molecular weight excluding hydrogens is 202 g/mol. The molecular formula is C12H21N3O. The molecule has 0 bridgehead atoms. The van der Waals surface area contributed by atoms with Gasteiger partial charge < -0.3 is 10.6 Å². The standard InChI is InChI=1S/C12H21N3O/c13-8-7-12(16)15-10-4-9-14-11-5-2-1-3-6-11/h11,14H,1-7,9-10H2,(H,15,16). The Morgan fingerprint density at radius 3 is 2.69 bits per heavy atom. The molecule has 1 amide bonds. The predicted molar refractivity (Wildman–Crippen MR) is 62.7 cm³/mol. The van der Waals surface area contributed by atoms with Gasteiger partial charge in [-0.15, -0.1) is 0 Å². The molecule has 0 atom stereocenters. The summed E-state index contributed by atoms with van der Waals surface area (Å²) < 4.78 is 0. The summed E-state index contributed by atoms with van der Waals surface area (Å²) >= 11 is 0. The van der Waals surface area contributed by atoms with Crippen LogP contribution in [0.15, 0.2) is 0 Å². The monoisotopic (exact) mass is 223 g/mol. The van der Waals surface area contributed by atoms with E-state index in [0.29, 0.717) is 12.6 Å². The van der Waals surface area contributed by atoms with E-state index in [9.17, 15) is 4.79 Å². The Bertz CT molecular complexity index is 241. The Hall–Kier alpha value is -1.08. The number of amides is 1. The van der Waals surface area contributed by atoms with Crippen LogP contribution in [0.3, 0.4) is 0 Å². The highest BCUT2D eigenvalue weighted by Gasteiger charge is 2.11. The fraction of sp³-hybridized carbons (Fsp3) is 0.833. The largest absolute Gasteiger partial charge is 0.355 e. The molecule has 0 saturated heterocycles. The van der Waals surface area contributed by atoms with Gasteiger partial charge in [0.25, 0.3) is 0 Å². The number of nitrogens with zero attached hydrogens (tertiary/aromatic N) is 1. The van der Waals surface area contributed by atoms with Gasteiger partial charge in [-0.1, -0.05) is 19.3 Å². The molecule has 1 saturated carbocycles. The second kappa shape index (κ2) is 8.12. The second-order valence-corrected chi connectivity index (χ2v) is 4.33. The predicted octanol–water partition coefficient (Wildman–Crippen LogP) is 1.33. The molecule has 0 aromatic carbocycles. The highest BCUT2D eigenvalue weighted by molar-refractivity contribution is 5.77. The average molecular weight is 223 g/mol. The van der Waals surface area contributed by atoms with Crippen LogP contribution in [0.1, 0.15) is 44.9 Å². The van der Waals surface area contributed by atoms with Crippen LogP contribution in [0, 0.1) is 11.3 Å². The first-order chi connectivity index (χ1) is 7.83. The Balaban J connectivity index is 1.91. The minimum Gasteiger partial charge on any atom is -0.355 e. The highest BCUT2D eigenvalue weighted by Crippen LogP contribution is 2.16. The number of nitriles is 1. The molecule has 1 aliphatic rings. The molecule has 4 nitrogen and oxygen atoms in total. The van der Waals surface area contributed by atoms with Crippen LogP contribution in [0.4, 0.5) is 0 Å². The van der Waals surface area contributed by atoms with E-state index >= 15 is 0 Å². The van der Waals surface area contributed by atoms with Gasteiger partial charge in [-0.25, -0.2) is 0 Å². The molecule has 4 heteroatoms. The molecule has 0 aliphatic heterocycles. The number of carbonyl (C=O) groups is 1. The van der Waals surface area contributed by atoms with Crippen LogP contribution in [0.25, 0.3) is 0 Å². The van der Waals surface area contributed by atoms with Gasteiger partial charge in [0.2, 0.25) is 5.91 Å². The molecule has 2 N–H and O–H groups in total. The van der Waals surface area contributed by atoms with E-state index in [0.717, 1.165) is 13.0 Å². The Morgan fingerprint density at radius 2 is 2.00 bits per heavy atom. The average Bonchev–Trinajstić information content (AvgIpc) is 2.30. The fourth-order valence-corrected chi connectivity index (χ4v) is 2.06. The fourth-order valence-electron chi connectivity index (χ4n) is 2.06. The van der Waals surface area contributed by atoms with Crippen molar-refractivity contribution in [2.45, 2.75) is 51.0 Å². The van der Waals surface area contributed by atoms with Gasteiger partial charge in [0, 0.05) is 12.6 Å². The van der Waals surface area contributed by atoms with Crippen molar-refractivity contribution in [3.63, 3.8) is 0 Å². The van der Waals surface area contributed by atoms with Crippen molar-refractivity contribution in [3.8, 4) is 6.07 Å². The van der Waals surface area contributed by atoms with Gasteiger partial charge in [0.1, 0.15) is 6.42 Å². The van der Waals surface area contributed by atoms with Crippen LogP contribution in [0.2, 0.25) is 0 Å². The van der Waals surface area contributed by atoms with Crippen molar-refractivity contribution in [1.82, 2.24) is 10.6 Å². The first-order valence-corrected chi connectivity index (χ1v) is 6.20. The number of hydrogen-bond donors (Lipinski definition) is 2. The Morgan fingerprint density at radius 1 is 1.25 bits per heavy atom. The van der Waals surface area contributed by atoms with E-state index in [2.05, 4.69) is 10.6 Å². The molecule has 0 heterocycles. The number of carbonyl (C=O) groups excluding carboxylic acids is 1. The van der Waals surface area contributed by atoms with Crippen LogP contribution in [-0.4, -0.2) is 25.0 Å². The summed E-state index contributed by atoms with van der Waals surface area (Å²) in [5, 5.41) is 14.5. The van der Waals surface area contributed by atoms with Gasteiger partial charge in [0.05, 0.1) is 6.07 Å². The summed E-state index contributed by atoms with van der Waals surface area (Å²) in [6.45, 7) is 1.62.